The maximum Gasteiger partial charge on any atom is 0.0717 e. The summed E-state index contributed by atoms with van der Waals surface area (Å²) in [5.74, 6) is 0.514. The fourth-order valence-electron chi connectivity index (χ4n) is 8.34. The molecule has 0 aromatic heterocycles. The van der Waals surface area contributed by atoms with Crippen molar-refractivity contribution in [3.8, 4) is 11.1 Å². The fraction of sp³-hybridized carbons (Fsp3) is 0.486. The quantitative estimate of drug-likeness (QED) is 0.371. The molecule has 190 valence electrons. The summed E-state index contributed by atoms with van der Waals surface area (Å²) in [6.45, 7) is 26.9. The van der Waals surface area contributed by atoms with Crippen LogP contribution in [0.2, 0.25) is 18.6 Å². The Morgan fingerprint density at radius 3 is 2.08 bits per heavy atom. The molecule has 5 rings (SSSR count). The first kappa shape index (κ1) is 25.5. The predicted molar refractivity (Wildman–Crippen MR) is 162 cm³/mol. The Labute approximate surface area is 221 Å². The molecule has 0 radical (unpaired) electrons. The Bertz CT molecular complexity index is 1330. The molecule has 1 atom stereocenters. The first-order valence-corrected chi connectivity index (χ1v) is 17.2. The van der Waals surface area contributed by atoms with E-state index in [1.54, 1.807) is 50.1 Å². The van der Waals surface area contributed by atoms with Crippen molar-refractivity contribution in [2.24, 2.45) is 5.41 Å². The Hall–Kier alpha value is -2.12. The van der Waals surface area contributed by atoms with Crippen molar-refractivity contribution in [1.82, 2.24) is 0 Å². The van der Waals surface area contributed by atoms with Gasteiger partial charge >= 0.3 is 0 Å². The monoisotopic (exact) mass is 494 g/mol. The van der Waals surface area contributed by atoms with Gasteiger partial charge in [-0.2, -0.15) is 0 Å². The van der Waals surface area contributed by atoms with Crippen LogP contribution in [0.3, 0.4) is 0 Å². The minimum Gasteiger partial charge on any atom is -0.0679 e. The summed E-state index contributed by atoms with van der Waals surface area (Å²) in [6, 6.07) is 11.9. The topological polar surface area (TPSA) is 0 Å². The third kappa shape index (κ3) is 3.68. The van der Waals surface area contributed by atoms with E-state index in [4.69, 9.17) is 0 Å². The van der Waals surface area contributed by atoms with Crippen molar-refractivity contribution in [2.45, 2.75) is 105 Å². The van der Waals surface area contributed by atoms with Crippen LogP contribution >= 0.6 is 0 Å². The first-order valence-electron chi connectivity index (χ1n) is 14.1. The lowest BCUT2D eigenvalue weighted by Crippen LogP contribution is -2.41. The summed E-state index contributed by atoms with van der Waals surface area (Å²) >= 11 is 0. The Morgan fingerprint density at radius 1 is 0.861 bits per heavy atom. The zero-order chi connectivity index (χ0) is 26.3. The Kier molecular flexibility index (Phi) is 5.99. The summed E-state index contributed by atoms with van der Waals surface area (Å²) in [4.78, 5) is 0. The van der Waals surface area contributed by atoms with E-state index >= 15 is 0 Å². The summed E-state index contributed by atoms with van der Waals surface area (Å²) in [6.07, 6.45) is 4.97. The second kappa shape index (κ2) is 8.45. The van der Waals surface area contributed by atoms with Gasteiger partial charge in [-0.15, -0.1) is 0 Å². The Balaban J connectivity index is 1.76. The molecule has 0 nitrogen and oxygen atoms in total. The number of rotatable bonds is 4. The molecule has 0 aliphatic heterocycles. The van der Waals surface area contributed by atoms with Gasteiger partial charge in [-0.3, -0.25) is 0 Å². The minimum atomic E-state index is -1.77. The molecule has 0 N–H and O–H groups in total. The third-order valence-electron chi connectivity index (χ3n) is 10.0. The highest BCUT2D eigenvalue weighted by Gasteiger charge is 2.48. The largest absolute Gasteiger partial charge is 0.0717 e. The molecule has 1 unspecified atom stereocenters. The lowest BCUT2D eigenvalue weighted by atomic mass is 9.84. The third-order valence-corrected chi connectivity index (χ3v) is 14.6. The van der Waals surface area contributed by atoms with E-state index in [-0.39, 0.29) is 0 Å². The minimum absolute atomic E-state index is 0.332. The van der Waals surface area contributed by atoms with Crippen molar-refractivity contribution in [1.29, 1.82) is 0 Å². The van der Waals surface area contributed by atoms with Gasteiger partial charge < -0.3 is 0 Å². The highest BCUT2D eigenvalue weighted by atomic mass is 28.3. The van der Waals surface area contributed by atoms with Crippen LogP contribution in [0.4, 0.5) is 0 Å². The molecular formula is C35H46Si. The van der Waals surface area contributed by atoms with Gasteiger partial charge in [0.1, 0.15) is 0 Å². The van der Waals surface area contributed by atoms with Crippen molar-refractivity contribution < 1.29 is 0 Å². The van der Waals surface area contributed by atoms with Crippen molar-refractivity contribution in [3.63, 3.8) is 0 Å². The number of hydrogen-bond donors (Lipinski definition) is 0. The summed E-state index contributed by atoms with van der Waals surface area (Å²) in [5, 5.41) is 0. The highest BCUT2D eigenvalue weighted by Crippen LogP contribution is 2.57. The smallest absolute Gasteiger partial charge is 0.0679 e. The average molecular weight is 495 g/mol. The molecular weight excluding hydrogens is 448 g/mol. The average Bonchev–Trinajstić information content (AvgIpc) is 3.35. The van der Waals surface area contributed by atoms with E-state index in [2.05, 4.69) is 112 Å². The number of allylic oxidation sites excluding steroid dienone is 5. The van der Waals surface area contributed by atoms with Gasteiger partial charge in [0, 0.05) is 5.54 Å². The van der Waals surface area contributed by atoms with Crippen LogP contribution in [0.1, 0.15) is 102 Å². The molecule has 0 amide bonds. The lowest BCUT2D eigenvalue weighted by Gasteiger charge is -2.39. The van der Waals surface area contributed by atoms with Crippen LogP contribution in [0, 0.1) is 5.41 Å². The zero-order valence-corrected chi connectivity index (χ0v) is 25.6. The standard InChI is InChI=1S/C35H46Si/c1-20(2)27-14-12-13-15-28(27)32-29-16-21(3)33(30(29)17-26-18-35(8,9)19-31(26)32)36(10,11)34-24(6)22(4)23(5)25(34)7/h12-17,20,33-34H,18-19H2,1-11H3. The molecule has 3 aliphatic carbocycles. The van der Waals surface area contributed by atoms with Crippen LogP contribution in [0.5, 0.6) is 0 Å². The maximum absolute atomic E-state index is 2.67. The van der Waals surface area contributed by atoms with Gasteiger partial charge in [-0.05, 0) is 114 Å². The second-order valence-electron chi connectivity index (χ2n) is 13.8. The summed E-state index contributed by atoms with van der Waals surface area (Å²) in [5.41, 5.74) is 20.4. The zero-order valence-electron chi connectivity index (χ0n) is 24.6. The molecule has 1 heteroatoms. The van der Waals surface area contributed by atoms with Crippen molar-refractivity contribution in [3.05, 3.63) is 86.0 Å². The van der Waals surface area contributed by atoms with E-state index in [1.807, 2.05) is 0 Å². The molecule has 2 aromatic rings. The molecule has 3 aliphatic rings. The van der Waals surface area contributed by atoms with Gasteiger partial charge in [0.05, 0.1) is 8.07 Å². The van der Waals surface area contributed by atoms with Crippen molar-refractivity contribution in [2.75, 3.05) is 0 Å². The lowest BCUT2D eigenvalue weighted by molar-refractivity contribution is 0.393. The molecule has 0 fully saturated rings. The van der Waals surface area contributed by atoms with E-state index < -0.39 is 8.07 Å². The van der Waals surface area contributed by atoms with Crippen LogP contribution in [0.25, 0.3) is 17.2 Å². The number of fused-ring (bicyclic) bond motifs is 2. The molecule has 2 aromatic carbocycles. The number of benzene rings is 2. The maximum atomic E-state index is 2.67. The number of hydrogen-bond acceptors (Lipinski definition) is 0. The van der Waals surface area contributed by atoms with Gasteiger partial charge in [-0.25, -0.2) is 0 Å². The highest BCUT2D eigenvalue weighted by molar-refractivity contribution is 6.82. The summed E-state index contributed by atoms with van der Waals surface area (Å²) < 4.78 is 0. The second-order valence-corrected chi connectivity index (χ2v) is 18.6. The molecule has 0 spiro atoms. The van der Waals surface area contributed by atoms with E-state index in [9.17, 15) is 0 Å². The van der Waals surface area contributed by atoms with Gasteiger partial charge in [0.15, 0.2) is 0 Å². The van der Waals surface area contributed by atoms with Gasteiger partial charge in [0.25, 0.3) is 0 Å². The molecule has 0 heterocycles. The van der Waals surface area contributed by atoms with E-state index in [0.717, 1.165) is 0 Å². The Morgan fingerprint density at radius 2 is 1.47 bits per heavy atom. The first-order chi connectivity index (χ1) is 16.8. The molecule has 0 bridgehead atoms. The van der Waals surface area contributed by atoms with E-state index in [1.165, 1.54) is 29.5 Å². The fourth-order valence-corrected chi connectivity index (χ4v) is 13.6. The SMILES string of the molecule is CC1=Cc2c(cc3c(c2-c2ccccc2C(C)C)CC(C)(C)C3)C1[Si](C)(C)C1C(C)=C(C)C(C)=C1C. The normalized spacial score (nSPS) is 21.6. The van der Waals surface area contributed by atoms with Crippen LogP contribution in [0.15, 0.2) is 58.2 Å². The van der Waals surface area contributed by atoms with Crippen molar-refractivity contribution >= 4 is 14.1 Å². The predicted octanol–water partition coefficient (Wildman–Crippen LogP) is 10.4. The van der Waals surface area contributed by atoms with E-state index in [0.29, 0.717) is 22.4 Å². The molecule has 36 heavy (non-hydrogen) atoms. The van der Waals surface area contributed by atoms with Crippen LogP contribution < -0.4 is 0 Å². The summed E-state index contributed by atoms with van der Waals surface area (Å²) in [7, 11) is -1.77. The van der Waals surface area contributed by atoms with Crippen LogP contribution in [-0.2, 0) is 12.8 Å². The van der Waals surface area contributed by atoms with Gasteiger partial charge in [0.2, 0.25) is 0 Å². The molecule has 0 saturated heterocycles. The molecule has 0 saturated carbocycles. The van der Waals surface area contributed by atoms with Crippen LogP contribution in [-0.4, -0.2) is 8.07 Å². The van der Waals surface area contributed by atoms with Gasteiger partial charge in [-0.1, -0.05) is 93.9 Å².